The molecule has 0 N–H and O–H groups in total. The van der Waals surface area contributed by atoms with Crippen LogP contribution in [-0.4, -0.2) is 23.6 Å². The Morgan fingerprint density at radius 1 is 1.19 bits per heavy atom. The maximum atomic E-state index is 12.6. The van der Waals surface area contributed by atoms with Crippen LogP contribution in [0.3, 0.4) is 0 Å². The number of rotatable bonds is 3. The van der Waals surface area contributed by atoms with Gasteiger partial charge in [-0.3, -0.25) is 14.4 Å². The van der Waals surface area contributed by atoms with Gasteiger partial charge in [0, 0.05) is 22.3 Å². The summed E-state index contributed by atoms with van der Waals surface area (Å²) in [7, 11) is 0. The summed E-state index contributed by atoms with van der Waals surface area (Å²) < 4.78 is 0. The largest absolute Gasteiger partial charge is 0.298 e. The van der Waals surface area contributed by atoms with Crippen LogP contribution in [-0.2, 0) is 9.59 Å². The first-order valence-electron chi connectivity index (χ1n) is 6.98. The van der Waals surface area contributed by atoms with E-state index in [9.17, 15) is 14.4 Å². The SMILES string of the molecule is CSc1ccc(C(=O)C2C(=O)C3CCC(C3)C2=O)c(Cl)c1. The third kappa shape index (κ3) is 2.44. The Kier molecular flexibility index (Phi) is 3.93. The van der Waals surface area contributed by atoms with Gasteiger partial charge in [-0.15, -0.1) is 11.8 Å². The number of halogens is 1. The van der Waals surface area contributed by atoms with Crippen LogP contribution in [0.2, 0.25) is 5.02 Å². The van der Waals surface area contributed by atoms with Crippen molar-refractivity contribution in [1.82, 2.24) is 0 Å². The number of hydrogen-bond donors (Lipinski definition) is 0. The van der Waals surface area contributed by atoms with E-state index in [-0.39, 0.29) is 29.0 Å². The van der Waals surface area contributed by atoms with Gasteiger partial charge in [0.2, 0.25) is 0 Å². The summed E-state index contributed by atoms with van der Waals surface area (Å²) in [6.07, 6.45) is 4.01. The molecule has 110 valence electrons. The van der Waals surface area contributed by atoms with Crippen LogP contribution in [0.4, 0.5) is 0 Å². The van der Waals surface area contributed by atoms with E-state index in [0.717, 1.165) is 17.7 Å². The van der Waals surface area contributed by atoms with E-state index in [1.807, 2.05) is 6.26 Å². The molecule has 0 aliphatic heterocycles. The summed E-state index contributed by atoms with van der Waals surface area (Å²) in [4.78, 5) is 38.3. The minimum absolute atomic E-state index is 0.120. The molecule has 2 unspecified atom stereocenters. The monoisotopic (exact) mass is 322 g/mol. The number of carbonyl (C=O) groups is 3. The quantitative estimate of drug-likeness (QED) is 0.486. The van der Waals surface area contributed by atoms with Crippen LogP contribution in [0.5, 0.6) is 0 Å². The van der Waals surface area contributed by atoms with Gasteiger partial charge in [0.25, 0.3) is 0 Å². The number of hydrogen-bond acceptors (Lipinski definition) is 4. The average molecular weight is 323 g/mol. The third-order valence-electron chi connectivity index (χ3n) is 4.51. The van der Waals surface area contributed by atoms with Crippen LogP contribution in [0.1, 0.15) is 29.6 Å². The van der Waals surface area contributed by atoms with E-state index in [0.29, 0.717) is 11.4 Å². The average Bonchev–Trinajstić information content (AvgIpc) is 2.92. The smallest absolute Gasteiger partial charge is 0.182 e. The summed E-state index contributed by atoms with van der Waals surface area (Å²) in [5.74, 6) is -2.21. The van der Waals surface area contributed by atoms with Crippen molar-refractivity contribution in [2.45, 2.75) is 24.2 Å². The summed E-state index contributed by atoms with van der Waals surface area (Å²) in [5, 5.41) is 0.311. The first-order valence-corrected chi connectivity index (χ1v) is 8.58. The molecule has 0 radical (unpaired) electrons. The molecular formula is C16H15ClO3S. The standard InChI is InChI=1S/C16H15ClO3S/c1-21-10-4-5-11(12(17)7-10)16(20)13-14(18)8-2-3-9(6-8)15(13)19/h4-5,7-9,13H,2-3,6H2,1H3. The molecule has 5 heteroatoms. The van der Waals surface area contributed by atoms with E-state index >= 15 is 0 Å². The second kappa shape index (κ2) is 5.58. The third-order valence-corrected chi connectivity index (χ3v) is 5.55. The Hall–Kier alpha value is -1.13. The summed E-state index contributed by atoms with van der Waals surface area (Å²) in [6.45, 7) is 0. The molecule has 3 rings (SSSR count). The van der Waals surface area contributed by atoms with Gasteiger partial charge in [-0.25, -0.2) is 0 Å². The lowest BCUT2D eigenvalue weighted by atomic mass is 9.75. The Labute approximate surface area is 132 Å². The lowest BCUT2D eigenvalue weighted by molar-refractivity contribution is -0.137. The van der Waals surface area contributed by atoms with E-state index < -0.39 is 11.7 Å². The highest BCUT2D eigenvalue weighted by Crippen LogP contribution is 2.41. The first kappa shape index (κ1) is 14.8. The molecule has 2 aliphatic carbocycles. The van der Waals surface area contributed by atoms with Crippen LogP contribution in [0.15, 0.2) is 23.1 Å². The molecule has 2 atom stereocenters. The lowest BCUT2D eigenvalue weighted by Crippen LogP contribution is -2.41. The highest BCUT2D eigenvalue weighted by atomic mass is 35.5. The number of ketones is 3. The van der Waals surface area contributed by atoms with Crippen molar-refractivity contribution in [3.63, 3.8) is 0 Å². The van der Waals surface area contributed by atoms with Crippen molar-refractivity contribution in [1.29, 1.82) is 0 Å². The van der Waals surface area contributed by atoms with Gasteiger partial charge in [0.15, 0.2) is 17.3 Å². The van der Waals surface area contributed by atoms with Gasteiger partial charge in [-0.05, 0) is 43.7 Å². The molecule has 0 heterocycles. The lowest BCUT2D eigenvalue weighted by Gasteiger charge is -2.24. The van der Waals surface area contributed by atoms with Crippen molar-refractivity contribution in [2.24, 2.45) is 17.8 Å². The topological polar surface area (TPSA) is 51.2 Å². The van der Waals surface area contributed by atoms with Crippen molar-refractivity contribution >= 4 is 40.7 Å². The molecule has 2 bridgehead atoms. The molecule has 2 fully saturated rings. The molecule has 21 heavy (non-hydrogen) atoms. The second-order valence-corrected chi connectivity index (χ2v) is 6.94. The van der Waals surface area contributed by atoms with Crippen molar-refractivity contribution < 1.29 is 14.4 Å². The maximum Gasteiger partial charge on any atom is 0.182 e. The molecule has 1 aromatic carbocycles. The van der Waals surface area contributed by atoms with E-state index in [1.165, 1.54) is 11.8 Å². The van der Waals surface area contributed by atoms with Gasteiger partial charge in [-0.1, -0.05) is 11.6 Å². The fourth-order valence-electron chi connectivity index (χ4n) is 3.35. The fourth-order valence-corrected chi connectivity index (χ4v) is 4.12. The Bertz CT molecular complexity index is 618. The van der Waals surface area contributed by atoms with E-state index in [4.69, 9.17) is 11.6 Å². The molecule has 2 saturated carbocycles. The normalized spacial score (nSPS) is 28.0. The Balaban J connectivity index is 1.94. The van der Waals surface area contributed by atoms with Gasteiger partial charge in [-0.2, -0.15) is 0 Å². The minimum Gasteiger partial charge on any atom is -0.298 e. The molecule has 1 aromatic rings. The van der Waals surface area contributed by atoms with Crippen molar-refractivity contribution in [3.8, 4) is 0 Å². The number of carbonyl (C=O) groups excluding carboxylic acids is 3. The van der Waals surface area contributed by atoms with Crippen molar-refractivity contribution in [3.05, 3.63) is 28.8 Å². The number of Topliss-reactive ketones (excluding diaryl/α,β-unsaturated/α-hetero) is 3. The van der Waals surface area contributed by atoms with Gasteiger partial charge in [0.1, 0.15) is 5.92 Å². The molecule has 3 nitrogen and oxygen atoms in total. The molecular weight excluding hydrogens is 308 g/mol. The summed E-state index contributed by atoms with van der Waals surface area (Å²) in [6, 6.07) is 5.11. The highest BCUT2D eigenvalue weighted by molar-refractivity contribution is 7.98. The maximum absolute atomic E-state index is 12.6. The van der Waals surface area contributed by atoms with Crippen LogP contribution in [0.25, 0.3) is 0 Å². The zero-order valence-corrected chi connectivity index (χ0v) is 13.2. The van der Waals surface area contributed by atoms with E-state index in [2.05, 4.69) is 0 Å². The zero-order valence-electron chi connectivity index (χ0n) is 11.6. The van der Waals surface area contributed by atoms with Crippen LogP contribution >= 0.6 is 23.4 Å². The van der Waals surface area contributed by atoms with Crippen LogP contribution in [0, 0.1) is 17.8 Å². The second-order valence-electron chi connectivity index (χ2n) is 5.65. The molecule has 2 aliphatic rings. The summed E-state index contributed by atoms with van der Waals surface area (Å²) in [5.41, 5.74) is 0.280. The van der Waals surface area contributed by atoms with Crippen molar-refractivity contribution in [2.75, 3.05) is 6.26 Å². The molecule has 0 amide bonds. The van der Waals surface area contributed by atoms with Gasteiger partial charge < -0.3 is 0 Å². The summed E-state index contributed by atoms with van der Waals surface area (Å²) >= 11 is 7.67. The highest BCUT2D eigenvalue weighted by Gasteiger charge is 2.50. The van der Waals surface area contributed by atoms with Gasteiger partial charge in [0.05, 0.1) is 5.02 Å². The van der Waals surface area contributed by atoms with Gasteiger partial charge >= 0.3 is 0 Å². The Morgan fingerprint density at radius 2 is 1.81 bits per heavy atom. The predicted molar refractivity (Wildman–Crippen MR) is 81.9 cm³/mol. The first-order chi connectivity index (χ1) is 10.0. The molecule has 0 spiro atoms. The number of thioether (sulfide) groups is 1. The Morgan fingerprint density at radius 3 is 2.33 bits per heavy atom. The molecule has 0 saturated heterocycles. The fraction of sp³-hybridized carbons (Fsp3) is 0.438. The predicted octanol–water partition coefficient (Wildman–Crippen LogP) is 3.43. The number of fused-ring (bicyclic) bond motifs is 2. The zero-order chi connectivity index (χ0) is 15.1. The van der Waals surface area contributed by atoms with E-state index in [1.54, 1.807) is 18.2 Å². The number of benzene rings is 1. The van der Waals surface area contributed by atoms with Crippen LogP contribution < -0.4 is 0 Å². The minimum atomic E-state index is -1.13. The molecule has 0 aromatic heterocycles.